The normalized spacial score (nSPS) is 11.9. The minimum atomic E-state index is 1.15. The van der Waals surface area contributed by atoms with Gasteiger partial charge in [-0.25, -0.2) is 0 Å². The highest BCUT2D eigenvalue weighted by Crippen LogP contribution is 2.43. The average Bonchev–Trinajstić information content (AvgIpc) is 3.92. The maximum Gasteiger partial charge on any atom is 0.0548 e. The predicted molar refractivity (Wildman–Crippen MR) is 240 cm³/mol. The van der Waals surface area contributed by atoms with E-state index in [2.05, 4.69) is 226 Å². The first-order chi connectivity index (χ1) is 28.3. The molecule has 0 aliphatic heterocycles. The molecule has 12 aromatic rings. The fraction of sp³-hybridized carbons (Fsp3) is 0. The average molecular weight is 726 g/mol. The highest BCUT2D eigenvalue weighted by molar-refractivity contribution is 6.29. The molecule has 0 amide bonds. The van der Waals surface area contributed by atoms with Crippen molar-refractivity contribution in [3.8, 4) is 39.3 Å². The molecule has 266 valence electrons. The van der Waals surface area contributed by atoms with E-state index in [-0.39, 0.29) is 0 Å². The van der Waals surface area contributed by atoms with E-state index >= 15 is 0 Å². The van der Waals surface area contributed by atoms with Gasteiger partial charge in [0, 0.05) is 49.4 Å². The topological polar surface area (TPSA) is 14.8 Å². The van der Waals surface area contributed by atoms with Crippen LogP contribution in [0.4, 0.5) is 0 Å². The molecule has 9 aromatic carbocycles. The number of benzene rings is 9. The van der Waals surface area contributed by atoms with Gasteiger partial charge in [0.15, 0.2) is 0 Å². The van der Waals surface area contributed by atoms with Crippen molar-refractivity contribution < 1.29 is 0 Å². The van der Waals surface area contributed by atoms with Crippen molar-refractivity contribution in [1.82, 2.24) is 13.7 Å². The lowest BCUT2D eigenvalue weighted by Gasteiger charge is -2.12. The quantitative estimate of drug-likeness (QED) is 0.168. The third-order valence-electron chi connectivity index (χ3n) is 11.8. The molecule has 0 atom stereocenters. The maximum atomic E-state index is 2.46. The number of hydrogen-bond donors (Lipinski definition) is 0. The van der Waals surface area contributed by atoms with Crippen LogP contribution in [0, 0.1) is 0 Å². The van der Waals surface area contributed by atoms with Crippen LogP contribution in [-0.4, -0.2) is 13.7 Å². The fourth-order valence-electron chi connectivity index (χ4n) is 9.34. The van der Waals surface area contributed by atoms with Crippen LogP contribution in [-0.2, 0) is 0 Å². The van der Waals surface area contributed by atoms with Gasteiger partial charge in [0.1, 0.15) is 0 Å². The van der Waals surface area contributed by atoms with Crippen LogP contribution in [0.15, 0.2) is 212 Å². The van der Waals surface area contributed by atoms with Gasteiger partial charge in [0.25, 0.3) is 0 Å². The number of hydrogen-bond acceptors (Lipinski definition) is 0. The van der Waals surface area contributed by atoms with Gasteiger partial charge in [-0.3, -0.25) is 0 Å². The second-order valence-electron chi connectivity index (χ2n) is 14.9. The van der Waals surface area contributed by atoms with E-state index in [1.807, 2.05) is 0 Å². The maximum absolute atomic E-state index is 2.46. The molecule has 3 heteroatoms. The number of rotatable bonds is 5. The zero-order chi connectivity index (χ0) is 37.5. The predicted octanol–water partition coefficient (Wildman–Crippen LogP) is 14.3. The summed E-state index contributed by atoms with van der Waals surface area (Å²) in [6.45, 7) is 0. The zero-order valence-corrected chi connectivity index (χ0v) is 31.0. The molecule has 0 spiro atoms. The minimum absolute atomic E-state index is 1.15. The largest absolute Gasteiger partial charge is 0.309 e. The first-order valence-corrected chi connectivity index (χ1v) is 19.6. The molecule has 0 N–H and O–H groups in total. The lowest BCUT2D eigenvalue weighted by atomic mass is 10.00. The molecule has 3 heterocycles. The van der Waals surface area contributed by atoms with Gasteiger partial charge in [0.2, 0.25) is 0 Å². The first kappa shape index (κ1) is 31.7. The Labute approximate surface area is 329 Å². The summed E-state index contributed by atoms with van der Waals surface area (Å²) in [6, 6.07) is 77.3. The van der Waals surface area contributed by atoms with Crippen LogP contribution in [0.1, 0.15) is 0 Å². The summed E-state index contributed by atoms with van der Waals surface area (Å²) in [7, 11) is 0. The van der Waals surface area contributed by atoms with Crippen molar-refractivity contribution in [2.24, 2.45) is 0 Å². The summed E-state index contributed by atoms with van der Waals surface area (Å²) in [6.07, 6.45) is 0. The number of nitrogens with zero attached hydrogens (tertiary/aromatic N) is 3. The number of aromatic nitrogens is 3. The molecule has 0 saturated heterocycles. The smallest absolute Gasteiger partial charge is 0.0548 e. The van der Waals surface area contributed by atoms with Crippen LogP contribution in [0.25, 0.3) is 105 Å². The second-order valence-corrected chi connectivity index (χ2v) is 14.9. The third-order valence-corrected chi connectivity index (χ3v) is 11.8. The summed E-state index contributed by atoms with van der Waals surface area (Å²) in [5.74, 6) is 0. The molecule has 0 saturated carbocycles. The summed E-state index contributed by atoms with van der Waals surface area (Å²) >= 11 is 0. The molecule has 0 aliphatic rings. The van der Waals surface area contributed by atoms with Crippen LogP contribution < -0.4 is 0 Å². The van der Waals surface area contributed by atoms with Crippen molar-refractivity contribution in [2.75, 3.05) is 0 Å². The molecular formula is C54H35N3. The third kappa shape index (κ3) is 4.79. The van der Waals surface area contributed by atoms with Gasteiger partial charge < -0.3 is 13.7 Å². The Morgan fingerprint density at radius 1 is 0.211 bits per heavy atom. The molecule has 12 rings (SSSR count). The van der Waals surface area contributed by atoms with Crippen molar-refractivity contribution in [3.63, 3.8) is 0 Å². The number of fused-ring (bicyclic) bond motifs is 10. The van der Waals surface area contributed by atoms with E-state index in [0.29, 0.717) is 0 Å². The molecule has 0 aliphatic carbocycles. The number of para-hydroxylation sites is 4. The van der Waals surface area contributed by atoms with Crippen LogP contribution in [0.2, 0.25) is 0 Å². The van der Waals surface area contributed by atoms with E-state index in [9.17, 15) is 0 Å². The Balaban J connectivity index is 1.07. The second kappa shape index (κ2) is 12.5. The van der Waals surface area contributed by atoms with Gasteiger partial charge in [-0.15, -0.1) is 0 Å². The monoisotopic (exact) mass is 725 g/mol. The fourth-order valence-corrected chi connectivity index (χ4v) is 9.34. The van der Waals surface area contributed by atoms with Gasteiger partial charge in [0.05, 0.1) is 33.1 Å². The standard InChI is InChI=1S/C54H35N3/c1-3-14-36(15-4-1)37-26-28-38(29-27-37)39-16-13-19-41(34-39)56-48-24-11-8-21-44(48)53-51(56)32-33-52-54(53)45-22-9-12-25-49(45)57(52)42-30-31-50-46(35-42)43-20-7-10-23-47(43)55(50)40-17-5-2-6-18-40/h1-35H. The SMILES string of the molecule is c1ccc(-c2ccc(-c3cccc(-n4c5ccccc5c5c6c7ccccc7n(-c7ccc8c(c7)c7ccccc7n8-c7ccccc7)c6ccc54)c3)cc2)cc1. The highest BCUT2D eigenvalue weighted by atomic mass is 15.0. The van der Waals surface area contributed by atoms with E-state index in [1.54, 1.807) is 0 Å². The van der Waals surface area contributed by atoms with Gasteiger partial charge >= 0.3 is 0 Å². The van der Waals surface area contributed by atoms with Crippen molar-refractivity contribution in [1.29, 1.82) is 0 Å². The van der Waals surface area contributed by atoms with Crippen molar-refractivity contribution in [3.05, 3.63) is 212 Å². The van der Waals surface area contributed by atoms with Crippen molar-refractivity contribution >= 4 is 65.4 Å². The summed E-state index contributed by atoms with van der Waals surface area (Å²) in [5.41, 5.74) is 15.5. The molecule has 3 aromatic heterocycles. The zero-order valence-electron chi connectivity index (χ0n) is 31.0. The highest BCUT2D eigenvalue weighted by Gasteiger charge is 2.21. The summed E-state index contributed by atoms with van der Waals surface area (Å²) in [5, 5.41) is 7.54. The Kier molecular flexibility index (Phi) is 6.93. The van der Waals surface area contributed by atoms with Crippen LogP contribution in [0.3, 0.4) is 0 Å². The molecule has 0 radical (unpaired) electrons. The Bertz CT molecular complexity index is 3490. The van der Waals surface area contributed by atoms with E-state index in [4.69, 9.17) is 0 Å². The Morgan fingerprint density at radius 3 is 1.25 bits per heavy atom. The lowest BCUT2D eigenvalue weighted by molar-refractivity contribution is 1.16. The van der Waals surface area contributed by atoms with E-state index in [1.165, 1.54) is 93.4 Å². The molecule has 0 bridgehead atoms. The molecule has 3 nitrogen and oxygen atoms in total. The first-order valence-electron chi connectivity index (χ1n) is 19.6. The van der Waals surface area contributed by atoms with Gasteiger partial charge in [-0.2, -0.15) is 0 Å². The molecule has 0 fully saturated rings. The van der Waals surface area contributed by atoms with Crippen LogP contribution >= 0.6 is 0 Å². The molecule has 57 heavy (non-hydrogen) atoms. The van der Waals surface area contributed by atoms with Crippen molar-refractivity contribution in [2.45, 2.75) is 0 Å². The van der Waals surface area contributed by atoms with Gasteiger partial charge in [-0.1, -0.05) is 140 Å². The lowest BCUT2D eigenvalue weighted by Crippen LogP contribution is -1.96. The Hall–Kier alpha value is -7.62. The molecule has 0 unspecified atom stereocenters. The van der Waals surface area contributed by atoms with E-state index in [0.717, 1.165) is 11.4 Å². The van der Waals surface area contributed by atoms with Crippen LogP contribution in [0.5, 0.6) is 0 Å². The summed E-state index contributed by atoms with van der Waals surface area (Å²) in [4.78, 5) is 0. The Morgan fingerprint density at radius 2 is 0.614 bits per heavy atom. The minimum Gasteiger partial charge on any atom is -0.309 e. The summed E-state index contributed by atoms with van der Waals surface area (Å²) < 4.78 is 7.29. The van der Waals surface area contributed by atoms with Gasteiger partial charge in [-0.05, 0) is 95.1 Å². The molecular weight excluding hydrogens is 691 g/mol. The van der Waals surface area contributed by atoms with E-state index < -0.39 is 0 Å².